The van der Waals surface area contributed by atoms with E-state index in [0.717, 1.165) is 41.0 Å². The molecule has 0 radical (unpaired) electrons. The SMILES string of the molecule is CCCCOC(=O)c1c(NC(=O)C(F)(F)F)sc2c1CCCC2. The zero-order valence-corrected chi connectivity index (χ0v) is 13.5. The first-order valence-corrected chi connectivity index (χ1v) is 8.36. The van der Waals surface area contributed by atoms with Gasteiger partial charge >= 0.3 is 18.1 Å². The number of alkyl halides is 3. The van der Waals surface area contributed by atoms with Gasteiger partial charge in [-0.25, -0.2) is 4.79 Å². The molecular formula is C15H18F3NO3S. The second-order valence-electron chi connectivity index (χ2n) is 5.36. The van der Waals surface area contributed by atoms with Crippen LogP contribution in [0.1, 0.15) is 53.4 Å². The number of unbranched alkanes of at least 4 members (excludes halogenated alkanes) is 1. The highest BCUT2D eigenvalue weighted by atomic mass is 32.1. The zero-order valence-electron chi connectivity index (χ0n) is 12.7. The number of hydrogen-bond donors (Lipinski definition) is 1. The van der Waals surface area contributed by atoms with E-state index in [2.05, 4.69) is 0 Å². The highest BCUT2D eigenvalue weighted by Crippen LogP contribution is 2.39. The molecule has 0 aliphatic heterocycles. The number of amides is 1. The van der Waals surface area contributed by atoms with Crippen molar-refractivity contribution in [3.05, 3.63) is 16.0 Å². The number of rotatable bonds is 5. The van der Waals surface area contributed by atoms with Crippen molar-refractivity contribution in [2.45, 2.75) is 51.6 Å². The summed E-state index contributed by atoms with van der Waals surface area (Å²) in [7, 11) is 0. The van der Waals surface area contributed by atoms with Gasteiger partial charge in [0.15, 0.2) is 0 Å². The van der Waals surface area contributed by atoms with E-state index in [0.29, 0.717) is 19.3 Å². The Kier molecular flexibility index (Phi) is 5.67. The molecule has 1 aromatic rings. The number of fused-ring (bicyclic) bond motifs is 1. The van der Waals surface area contributed by atoms with E-state index >= 15 is 0 Å². The van der Waals surface area contributed by atoms with Crippen molar-refractivity contribution in [1.29, 1.82) is 0 Å². The Morgan fingerprint density at radius 1 is 1.26 bits per heavy atom. The van der Waals surface area contributed by atoms with Gasteiger partial charge in [0.1, 0.15) is 5.00 Å². The van der Waals surface area contributed by atoms with Gasteiger partial charge in [-0.2, -0.15) is 13.2 Å². The van der Waals surface area contributed by atoms with Gasteiger partial charge in [0.25, 0.3) is 0 Å². The van der Waals surface area contributed by atoms with Gasteiger partial charge in [-0.05, 0) is 37.7 Å². The zero-order chi connectivity index (χ0) is 17.0. The Morgan fingerprint density at radius 2 is 1.96 bits per heavy atom. The van der Waals surface area contributed by atoms with Gasteiger partial charge in [0, 0.05) is 4.88 Å². The third kappa shape index (κ3) is 4.25. The molecule has 8 heteroatoms. The van der Waals surface area contributed by atoms with Crippen LogP contribution in [0, 0.1) is 0 Å². The Morgan fingerprint density at radius 3 is 2.61 bits per heavy atom. The lowest BCUT2D eigenvalue weighted by molar-refractivity contribution is -0.167. The molecule has 0 spiro atoms. The van der Waals surface area contributed by atoms with Crippen LogP contribution in [-0.2, 0) is 22.4 Å². The van der Waals surface area contributed by atoms with Crippen molar-refractivity contribution >= 4 is 28.2 Å². The first-order valence-electron chi connectivity index (χ1n) is 7.54. The number of carbonyl (C=O) groups is 2. The third-order valence-electron chi connectivity index (χ3n) is 3.59. The summed E-state index contributed by atoms with van der Waals surface area (Å²) in [6.45, 7) is 2.15. The predicted octanol–water partition coefficient (Wildman–Crippen LogP) is 4.08. The minimum absolute atomic E-state index is 0.0549. The molecule has 4 nitrogen and oxygen atoms in total. The molecule has 0 unspecified atom stereocenters. The number of carbonyl (C=O) groups excluding carboxylic acids is 2. The largest absolute Gasteiger partial charge is 0.471 e. The summed E-state index contributed by atoms with van der Waals surface area (Å²) in [5.74, 6) is -2.73. The van der Waals surface area contributed by atoms with E-state index < -0.39 is 18.1 Å². The number of ether oxygens (including phenoxy) is 1. The van der Waals surface area contributed by atoms with Crippen LogP contribution in [-0.4, -0.2) is 24.7 Å². The van der Waals surface area contributed by atoms with E-state index in [4.69, 9.17) is 4.74 Å². The van der Waals surface area contributed by atoms with Crippen molar-refractivity contribution in [3.63, 3.8) is 0 Å². The molecular weight excluding hydrogens is 331 g/mol. The molecule has 2 rings (SSSR count). The molecule has 1 aromatic heterocycles. The summed E-state index contributed by atoms with van der Waals surface area (Å²) in [4.78, 5) is 24.3. The monoisotopic (exact) mass is 349 g/mol. The van der Waals surface area contributed by atoms with Crippen LogP contribution in [0.2, 0.25) is 0 Å². The van der Waals surface area contributed by atoms with Crippen LogP contribution < -0.4 is 5.32 Å². The van der Waals surface area contributed by atoms with Crippen molar-refractivity contribution in [2.75, 3.05) is 11.9 Å². The Balaban J connectivity index is 2.28. The highest BCUT2D eigenvalue weighted by Gasteiger charge is 2.40. The molecule has 1 aliphatic carbocycles. The normalized spacial score (nSPS) is 14.3. The van der Waals surface area contributed by atoms with Crippen LogP contribution in [0.5, 0.6) is 0 Å². The first-order chi connectivity index (χ1) is 10.8. The molecule has 0 saturated heterocycles. The van der Waals surface area contributed by atoms with Gasteiger partial charge in [-0.3, -0.25) is 4.79 Å². The molecule has 128 valence electrons. The van der Waals surface area contributed by atoms with Crippen LogP contribution in [0.3, 0.4) is 0 Å². The molecule has 23 heavy (non-hydrogen) atoms. The number of aryl methyl sites for hydroxylation is 1. The van der Waals surface area contributed by atoms with E-state index in [1.165, 1.54) is 0 Å². The van der Waals surface area contributed by atoms with E-state index in [9.17, 15) is 22.8 Å². The quantitative estimate of drug-likeness (QED) is 0.644. The Hall–Kier alpha value is -1.57. The first kappa shape index (κ1) is 17.8. The number of nitrogens with one attached hydrogen (secondary N) is 1. The Bertz CT molecular complexity index is 596. The molecule has 0 fully saturated rings. The fourth-order valence-corrected chi connectivity index (χ4v) is 3.70. The molecule has 0 aromatic carbocycles. The molecule has 0 saturated carbocycles. The summed E-state index contributed by atoms with van der Waals surface area (Å²) >= 11 is 1.04. The maximum absolute atomic E-state index is 12.5. The maximum Gasteiger partial charge on any atom is 0.471 e. The summed E-state index contributed by atoms with van der Waals surface area (Å²) in [5.41, 5.74) is 0.818. The number of thiophene rings is 1. The lowest BCUT2D eigenvalue weighted by Gasteiger charge is -2.13. The van der Waals surface area contributed by atoms with E-state index in [1.54, 1.807) is 0 Å². The standard InChI is InChI=1S/C15H18F3NO3S/c1-2-3-8-22-13(20)11-9-6-4-5-7-10(9)23-12(11)19-14(21)15(16,17)18/h2-8H2,1H3,(H,19,21). The van der Waals surface area contributed by atoms with Gasteiger partial charge < -0.3 is 10.1 Å². The van der Waals surface area contributed by atoms with Gasteiger partial charge in [0.05, 0.1) is 12.2 Å². The lowest BCUT2D eigenvalue weighted by Crippen LogP contribution is -2.30. The Labute approximate surface area is 136 Å². The smallest absolute Gasteiger partial charge is 0.462 e. The van der Waals surface area contributed by atoms with Crippen molar-refractivity contribution in [1.82, 2.24) is 0 Å². The van der Waals surface area contributed by atoms with E-state index in [-0.39, 0.29) is 17.2 Å². The van der Waals surface area contributed by atoms with Gasteiger partial charge in [-0.1, -0.05) is 13.3 Å². The molecule has 1 amide bonds. The fourth-order valence-electron chi connectivity index (χ4n) is 2.43. The molecule has 1 aliphatic rings. The molecule has 0 bridgehead atoms. The fraction of sp³-hybridized carbons (Fsp3) is 0.600. The highest BCUT2D eigenvalue weighted by molar-refractivity contribution is 7.17. The average Bonchev–Trinajstić information content (AvgIpc) is 2.84. The number of halogens is 3. The average molecular weight is 349 g/mol. The lowest BCUT2D eigenvalue weighted by atomic mass is 9.95. The summed E-state index contributed by atoms with van der Waals surface area (Å²) in [6.07, 6.45) is -0.359. The van der Waals surface area contributed by atoms with Crippen LogP contribution in [0.4, 0.5) is 18.2 Å². The second kappa shape index (κ2) is 7.33. The van der Waals surface area contributed by atoms with Crippen molar-refractivity contribution in [2.24, 2.45) is 0 Å². The molecule has 1 heterocycles. The second-order valence-corrected chi connectivity index (χ2v) is 6.46. The number of esters is 1. The maximum atomic E-state index is 12.5. The van der Waals surface area contributed by atoms with E-state index in [1.807, 2.05) is 12.2 Å². The summed E-state index contributed by atoms with van der Waals surface area (Å²) < 4.78 is 42.6. The van der Waals surface area contributed by atoms with Crippen molar-refractivity contribution < 1.29 is 27.5 Å². The minimum atomic E-state index is -4.99. The minimum Gasteiger partial charge on any atom is -0.462 e. The topological polar surface area (TPSA) is 55.4 Å². The van der Waals surface area contributed by atoms with Crippen molar-refractivity contribution in [3.8, 4) is 0 Å². The van der Waals surface area contributed by atoms with Crippen LogP contribution in [0.15, 0.2) is 0 Å². The van der Waals surface area contributed by atoms with Gasteiger partial charge in [0.2, 0.25) is 0 Å². The molecule has 1 N–H and O–H groups in total. The summed E-state index contributed by atoms with van der Waals surface area (Å²) in [6, 6.07) is 0. The predicted molar refractivity (Wildman–Crippen MR) is 80.8 cm³/mol. The number of hydrogen-bond acceptors (Lipinski definition) is 4. The number of anilines is 1. The summed E-state index contributed by atoms with van der Waals surface area (Å²) in [5, 5.41) is 1.78. The molecule has 0 atom stereocenters. The van der Waals surface area contributed by atoms with Gasteiger partial charge in [-0.15, -0.1) is 11.3 Å². The van der Waals surface area contributed by atoms with Crippen LogP contribution in [0.25, 0.3) is 0 Å². The van der Waals surface area contributed by atoms with Crippen LogP contribution >= 0.6 is 11.3 Å². The third-order valence-corrected chi connectivity index (χ3v) is 4.80.